The van der Waals surface area contributed by atoms with E-state index in [0.717, 1.165) is 24.8 Å². The van der Waals surface area contributed by atoms with Crippen LogP contribution in [0.5, 0.6) is 0 Å². The van der Waals surface area contributed by atoms with Gasteiger partial charge >= 0.3 is 5.97 Å². The van der Waals surface area contributed by atoms with Crippen LogP contribution in [-0.4, -0.2) is 17.0 Å². The first-order chi connectivity index (χ1) is 8.92. The molecule has 4 heteroatoms. The van der Waals surface area contributed by atoms with Crippen LogP contribution in [0.4, 0.5) is 0 Å². The lowest BCUT2D eigenvalue weighted by molar-refractivity contribution is -0.386. The van der Waals surface area contributed by atoms with E-state index in [1.54, 1.807) is 6.92 Å². The van der Waals surface area contributed by atoms with Gasteiger partial charge in [-0.15, -0.1) is 0 Å². The number of hydrogen-bond acceptors (Lipinski definition) is 4. The predicted octanol–water partition coefficient (Wildman–Crippen LogP) is 3.20. The fraction of sp³-hybridized carbons (Fsp3) is 0.667. The standard InChI is InChI=1S/C15H20O4/c1-9-5-4-6-14(3)8-15(19-17)12(7-11(9)14)10(2)13(16)18-15/h11,17H,1,4-8H2,2-3H3/t11-,14+,15+/m1/s1. The summed E-state index contributed by atoms with van der Waals surface area (Å²) in [6, 6.07) is 0. The molecular formula is C15H20O4. The number of carbonyl (C=O) groups excluding carboxylic acids is 1. The molecule has 0 aromatic rings. The van der Waals surface area contributed by atoms with Crippen molar-refractivity contribution < 1.29 is 19.7 Å². The first kappa shape index (κ1) is 12.9. The van der Waals surface area contributed by atoms with Crippen molar-refractivity contribution in [2.75, 3.05) is 0 Å². The molecule has 19 heavy (non-hydrogen) atoms. The molecule has 2 saturated carbocycles. The molecule has 3 rings (SSSR count). The zero-order valence-corrected chi connectivity index (χ0v) is 11.5. The van der Waals surface area contributed by atoms with Gasteiger partial charge in [-0.3, -0.25) is 0 Å². The van der Waals surface area contributed by atoms with Crippen molar-refractivity contribution >= 4 is 5.97 Å². The molecule has 3 atom stereocenters. The first-order valence-corrected chi connectivity index (χ1v) is 6.86. The average molecular weight is 264 g/mol. The summed E-state index contributed by atoms with van der Waals surface area (Å²) in [6.07, 6.45) is 4.41. The van der Waals surface area contributed by atoms with E-state index in [1.807, 2.05) is 0 Å². The molecule has 0 bridgehead atoms. The highest BCUT2D eigenvalue weighted by atomic mass is 17.1. The van der Waals surface area contributed by atoms with Crippen molar-refractivity contribution in [1.29, 1.82) is 0 Å². The number of allylic oxidation sites excluding steroid dienone is 1. The Labute approximate surface area is 113 Å². The fourth-order valence-corrected chi connectivity index (χ4v) is 4.15. The summed E-state index contributed by atoms with van der Waals surface area (Å²) in [7, 11) is 0. The quantitative estimate of drug-likeness (QED) is 0.342. The van der Waals surface area contributed by atoms with E-state index in [1.165, 1.54) is 5.57 Å². The Morgan fingerprint density at radius 1 is 1.53 bits per heavy atom. The Morgan fingerprint density at radius 3 is 2.95 bits per heavy atom. The highest BCUT2D eigenvalue weighted by Gasteiger charge is 2.59. The number of rotatable bonds is 1. The van der Waals surface area contributed by atoms with Crippen molar-refractivity contribution in [3.63, 3.8) is 0 Å². The summed E-state index contributed by atoms with van der Waals surface area (Å²) in [5.74, 6) is -1.27. The second kappa shape index (κ2) is 3.93. The molecule has 0 spiro atoms. The number of ether oxygens (including phenoxy) is 1. The Bertz CT molecular complexity index is 492. The number of esters is 1. The van der Waals surface area contributed by atoms with Crippen LogP contribution in [-0.2, 0) is 14.4 Å². The van der Waals surface area contributed by atoms with Gasteiger partial charge in [0.15, 0.2) is 0 Å². The maximum Gasteiger partial charge on any atom is 0.336 e. The average Bonchev–Trinajstić information content (AvgIpc) is 2.59. The summed E-state index contributed by atoms with van der Waals surface area (Å²) in [5, 5.41) is 9.32. The van der Waals surface area contributed by atoms with Crippen LogP contribution in [0.15, 0.2) is 23.3 Å². The summed E-state index contributed by atoms with van der Waals surface area (Å²) >= 11 is 0. The van der Waals surface area contributed by atoms with Crippen molar-refractivity contribution in [3.05, 3.63) is 23.3 Å². The Hall–Kier alpha value is -1.13. The minimum absolute atomic E-state index is 0.0214. The molecule has 0 radical (unpaired) electrons. The van der Waals surface area contributed by atoms with Crippen LogP contribution in [0.2, 0.25) is 0 Å². The zero-order valence-electron chi connectivity index (χ0n) is 11.5. The zero-order chi connectivity index (χ0) is 13.8. The van der Waals surface area contributed by atoms with Gasteiger partial charge in [-0.05, 0) is 43.9 Å². The largest absolute Gasteiger partial charge is 0.423 e. The van der Waals surface area contributed by atoms with Crippen LogP contribution in [0.1, 0.15) is 46.0 Å². The lowest BCUT2D eigenvalue weighted by atomic mass is 9.56. The smallest absolute Gasteiger partial charge is 0.336 e. The molecule has 0 amide bonds. The van der Waals surface area contributed by atoms with E-state index in [2.05, 4.69) is 18.4 Å². The number of fused-ring (bicyclic) bond motifs is 2. The van der Waals surface area contributed by atoms with E-state index in [9.17, 15) is 10.1 Å². The minimum Gasteiger partial charge on any atom is -0.423 e. The molecule has 1 heterocycles. The van der Waals surface area contributed by atoms with E-state index in [-0.39, 0.29) is 11.4 Å². The van der Waals surface area contributed by atoms with Crippen LogP contribution >= 0.6 is 0 Å². The molecule has 104 valence electrons. The second-order valence-electron chi connectivity index (χ2n) is 6.44. The predicted molar refractivity (Wildman–Crippen MR) is 69.1 cm³/mol. The summed E-state index contributed by atoms with van der Waals surface area (Å²) < 4.78 is 5.35. The van der Waals surface area contributed by atoms with Gasteiger partial charge in [0, 0.05) is 17.6 Å². The third kappa shape index (κ3) is 1.63. The molecule has 0 aromatic carbocycles. The van der Waals surface area contributed by atoms with E-state index in [0.29, 0.717) is 24.3 Å². The summed E-state index contributed by atoms with van der Waals surface area (Å²) in [5.41, 5.74) is 2.60. The highest BCUT2D eigenvalue weighted by Crippen LogP contribution is 2.59. The Morgan fingerprint density at radius 2 is 2.26 bits per heavy atom. The summed E-state index contributed by atoms with van der Waals surface area (Å²) in [6.45, 7) is 8.12. The van der Waals surface area contributed by atoms with Gasteiger partial charge in [-0.25, -0.2) is 10.1 Å². The minimum atomic E-state index is -1.25. The van der Waals surface area contributed by atoms with Crippen LogP contribution in [0, 0.1) is 11.3 Å². The van der Waals surface area contributed by atoms with Crippen molar-refractivity contribution in [3.8, 4) is 0 Å². The maximum atomic E-state index is 11.8. The van der Waals surface area contributed by atoms with E-state index in [4.69, 9.17) is 4.74 Å². The molecule has 3 aliphatic rings. The lowest BCUT2D eigenvalue weighted by Gasteiger charge is -2.51. The number of hydrogen-bond donors (Lipinski definition) is 1. The van der Waals surface area contributed by atoms with Crippen molar-refractivity contribution in [2.45, 2.75) is 51.7 Å². The molecule has 1 N–H and O–H groups in total. The van der Waals surface area contributed by atoms with Crippen LogP contribution in [0.3, 0.4) is 0 Å². The topological polar surface area (TPSA) is 55.8 Å². The van der Waals surface area contributed by atoms with E-state index < -0.39 is 5.79 Å². The van der Waals surface area contributed by atoms with Crippen LogP contribution < -0.4 is 0 Å². The summed E-state index contributed by atoms with van der Waals surface area (Å²) in [4.78, 5) is 16.5. The van der Waals surface area contributed by atoms with Gasteiger partial charge in [-0.2, -0.15) is 4.89 Å². The monoisotopic (exact) mass is 264 g/mol. The lowest BCUT2D eigenvalue weighted by Crippen LogP contribution is -2.49. The van der Waals surface area contributed by atoms with Gasteiger partial charge < -0.3 is 4.74 Å². The molecule has 2 aliphatic carbocycles. The molecule has 0 aromatic heterocycles. The van der Waals surface area contributed by atoms with Gasteiger partial charge in [0.1, 0.15) is 0 Å². The third-order valence-electron chi connectivity index (χ3n) is 5.25. The van der Waals surface area contributed by atoms with Crippen molar-refractivity contribution in [2.24, 2.45) is 11.3 Å². The molecule has 1 aliphatic heterocycles. The van der Waals surface area contributed by atoms with Crippen molar-refractivity contribution in [1.82, 2.24) is 0 Å². The third-order valence-corrected chi connectivity index (χ3v) is 5.25. The molecular weight excluding hydrogens is 244 g/mol. The second-order valence-corrected chi connectivity index (χ2v) is 6.44. The highest BCUT2D eigenvalue weighted by molar-refractivity contribution is 5.92. The fourth-order valence-electron chi connectivity index (χ4n) is 4.15. The maximum absolute atomic E-state index is 11.8. The normalized spacial score (nSPS) is 41.9. The first-order valence-electron chi connectivity index (χ1n) is 6.86. The SMILES string of the molecule is C=C1CCC[C@@]2(C)C[C@@]3(OO)OC(=O)C(C)=C3C[C@H]12. The Balaban J connectivity index is 2.05. The van der Waals surface area contributed by atoms with Gasteiger partial charge in [0.2, 0.25) is 0 Å². The van der Waals surface area contributed by atoms with E-state index >= 15 is 0 Å². The molecule has 0 unspecified atom stereocenters. The molecule has 0 saturated heterocycles. The number of carbonyl (C=O) groups is 1. The van der Waals surface area contributed by atoms with Crippen LogP contribution in [0.25, 0.3) is 0 Å². The molecule has 4 nitrogen and oxygen atoms in total. The molecule has 2 fully saturated rings. The Kier molecular flexibility index (Phi) is 2.67. The van der Waals surface area contributed by atoms with Gasteiger partial charge in [0.05, 0.1) is 0 Å². The van der Waals surface area contributed by atoms with Gasteiger partial charge in [-0.1, -0.05) is 19.1 Å². The van der Waals surface area contributed by atoms with Gasteiger partial charge in [0.25, 0.3) is 5.79 Å².